The lowest BCUT2D eigenvalue weighted by Crippen LogP contribution is -2.29. The second kappa shape index (κ2) is 6.70. The largest absolute Gasteiger partial charge is 0.389 e. The Kier molecular flexibility index (Phi) is 5.88. The van der Waals surface area contributed by atoms with E-state index >= 15 is 0 Å². The zero-order chi connectivity index (χ0) is 12.9. The minimum Gasteiger partial charge on any atom is -0.171 e. The third kappa shape index (κ3) is 5.35. The number of hydrogen-bond donors (Lipinski definition) is 0. The molecule has 0 radical (unpaired) electrons. The van der Waals surface area contributed by atoms with Gasteiger partial charge in [-0.3, -0.25) is 0 Å². The fourth-order valence-corrected chi connectivity index (χ4v) is 3.38. The molecule has 0 nitrogen and oxygen atoms in total. The van der Waals surface area contributed by atoms with Gasteiger partial charge in [-0.2, -0.15) is 13.2 Å². The molecular formula is C13H24BF3. The molecule has 1 heterocycles. The molecule has 100 valence electrons. The Morgan fingerprint density at radius 2 is 1.94 bits per heavy atom. The molecule has 0 aliphatic carbocycles. The minimum atomic E-state index is -3.97. The summed E-state index contributed by atoms with van der Waals surface area (Å²) in [6.45, 7) is 4.93. The molecule has 2 atom stereocenters. The van der Waals surface area contributed by atoms with Crippen LogP contribution in [0, 0.1) is 0 Å². The molecule has 0 aromatic heterocycles. The molecule has 0 spiro atoms. The van der Waals surface area contributed by atoms with Gasteiger partial charge in [-0.1, -0.05) is 70.3 Å². The van der Waals surface area contributed by atoms with Crippen LogP contribution in [0.25, 0.3) is 0 Å². The summed E-state index contributed by atoms with van der Waals surface area (Å²) in [6.07, 6.45) is 2.57. The van der Waals surface area contributed by atoms with Crippen molar-refractivity contribution < 1.29 is 13.2 Å². The Morgan fingerprint density at radius 3 is 2.53 bits per heavy atom. The summed E-state index contributed by atoms with van der Waals surface area (Å²) in [7, 11) is 0. The standard InChI is InChI=1S/C13H24BF3/c1-3-6-12-8-4-7-11(2)14(12)10-5-9-13(15,16)17/h11-12H,3-10H2,1-2H3. The van der Waals surface area contributed by atoms with E-state index in [2.05, 4.69) is 13.8 Å². The van der Waals surface area contributed by atoms with Crippen molar-refractivity contribution in [3.05, 3.63) is 0 Å². The maximum Gasteiger partial charge on any atom is 0.389 e. The zero-order valence-corrected chi connectivity index (χ0v) is 11.0. The number of alkyl halides is 3. The third-order valence-corrected chi connectivity index (χ3v) is 4.23. The number of halogens is 3. The highest BCUT2D eigenvalue weighted by molar-refractivity contribution is 6.62. The fraction of sp³-hybridized carbons (Fsp3) is 1.00. The van der Waals surface area contributed by atoms with Gasteiger partial charge < -0.3 is 0 Å². The van der Waals surface area contributed by atoms with E-state index in [0.717, 1.165) is 12.7 Å². The molecular weight excluding hydrogens is 224 g/mol. The topological polar surface area (TPSA) is 0 Å². The van der Waals surface area contributed by atoms with Gasteiger partial charge in [0.1, 0.15) is 6.71 Å². The lowest BCUT2D eigenvalue weighted by atomic mass is 9.28. The molecule has 2 unspecified atom stereocenters. The molecule has 0 saturated carbocycles. The van der Waals surface area contributed by atoms with E-state index in [4.69, 9.17) is 0 Å². The van der Waals surface area contributed by atoms with Crippen LogP contribution < -0.4 is 0 Å². The van der Waals surface area contributed by atoms with E-state index in [9.17, 15) is 13.2 Å². The molecule has 1 aliphatic heterocycles. The number of hydrogen-bond acceptors (Lipinski definition) is 0. The van der Waals surface area contributed by atoms with Crippen LogP contribution in [0.5, 0.6) is 0 Å². The fourth-order valence-electron chi connectivity index (χ4n) is 3.38. The van der Waals surface area contributed by atoms with Gasteiger partial charge in [0.15, 0.2) is 0 Å². The highest BCUT2D eigenvalue weighted by Gasteiger charge is 2.34. The molecule has 0 amide bonds. The monoisotopic (exact) mass is 248 g/mol. The minimum absolute atomic E-state index is 0.318. The third-order valence-electron chi connectivity index (χ3n) is 4.23. The average molecular weight is 248 g/mol. The molecule has 1 aliphatic rings. The van der Waals surface area contributed by atoms with Crippen LogP contribution in [0.2, 0.25) is 18.0 Å². The SMILES string of the molecule is CCCC1CCCC(C)B1CCCC(F)(F)F. The first-order chi connectivity index (χ1) is 7.94. The first-order valence-corrected chi connectivity index (χ1v) is 7.00. The summed E-state index contributed by atoms with van der Waals surface area (Å²) in [5.74, 6) is 1.30. The highest BCUT2D eigenvalue weighted by Crippen LogP contribution is 2.41. The van der Waals surface area contributed by atoms with Crippen LogP contribution in [0.1, 0.15) is 58.8 Å². The van der Waals surface area contributed by atoms with Crippen molar-refractivity contribution in [2.75, 3.05) is 0 Å². The van der Waals surface area contributed by atoms with E-state index < -0.39 is 12.6 Å². The Morgan fingerprint density at radius 1 is 1.24 bits per heavy atom. The molecule has 0 aromatic rings. The predicted octanol–water partition coefficient (Wildman–Crippen LogP) is 5.57. The zero-order valence-electron chi connectivity index (χ0n) is 11.0. The van der Waals surface area contributed by atoms with E-state index in [-0.39, 0.29) is 0 Å². The van der Waals surface area contributed by atoms with Crippen LogP contribution in [0.4, 0.5) is 13.2 Å². The summed E-state index contributed by atoms with van der Waals surface area (Å²) in [5, 5.41) is 0. The lowest BCUT2D eigenvalue weighted by Gasteiger charge is -2.34. The van der Waals surface area contributed by atoms with Crippen molar-refractivity contribution >= 4 is 6.71 Å². The second-order valence-corrected chi connectivity index (χ2v) is 5.63. The van der Waals surface area contributed by atoms with Crippen LogP contribution in [0.15, 0.2) is 0 Å². The molecule has 1 rings (SSSR count). The van der Waals surface area contributed by atoms with Gasteiger partial charge in [0.05, 0.1) is 0 Å². The molecule has 1 saturated heterocycles. The molecule has 0 bridgehead atoms. The van der Waals surface area contributed by atoms with Gasteiger partial charge in [0, 0.05) is 6.42 Å². The van der Waals surface area contributed by atoms with Crippen molar-refractivity contribution in [3.8, 4) is 0 Å². The Labute approximate surface area is 103 Å². The van der Waals surface area contributed by atoms with E-state index in [1.54, 1.807) is 0 Å². The summed E-state index contributed by atoms with van der Waals surface area (Å²) < 4.78 is 36.5. The van der Waals surface area contributed by atoms with Crippen LogP contribution in [0.3, 0.4) is 0 Å². The highest BCUT2D eigenvalue weighted by atomic mass is 19.4. The van der Waals surface area contributed by atoms with Gasteiger partial charge in [-0.25, -0.2) is 0 Å². The van der Waals surface area contributed by atoms with Crippen molar-refractivity contribution in [2.24, 2.45) is 0 Å². The van der Waals surface area contributed by atoms with Gasteiger partial charge in [-0.05, 0) is 0 Å². The van der Waals surface area contributed by atoms with Crippen molar-refractivity contribution in [1.29, 1.82) is 0 Å². The van der Waals surface area contributed by atoms with Crippen molar-refractivity contribution in [1.82, 2.24) is 0 Å². The van der Waals surface area contributed by atoms with Crippen molar-refractivity contribution in [3.63, 3.8) is 0 Å². The maximum atomic E-state index is 12.2. The average Bonchev–Trinajstić information content (AvgIpc) is 2.21. The van der Waals surface area contributed by atoms with Gasteiger partial charge in [0.2, 0.25) is 0 Å². The van der Waals surface area contributed by atoms with E-state index in [0.29, 0.717) is 24.8 Å². The second-order valence-electron chi connectivity index (χ2n) is 5.63. The summed E-state index contributed by atoms with van der Waals surface area (Å²) >= 11 is 0. The Balaban J connectivity index is 2.40. The first-order valence-electron chi connectivity index (χ1n) is 7.00. The smallest absolute Gasteiger partial charge is 0.171 e. The van der Waals surface area contributed by atoms with Gasteiger partial charge in [0.25, 0.3) is 0 Å². The molecule has 4 heteroatoms. The Bertz CT molecular complexity index is 213. The molecule has 0 N–H and O–H groups in total. The quantitative estimate of drug-likeness (QED) is 0.558. The molecule has 17 heavy (non-hydrogen) atoms. The normalized spacial score (nSPS) is 26.3. The van der Waals surface area contributed by atoms with Gasteiger partial charge in [-0.15, -0.1) is 0 Å². The van der Waals surface area contributed by atoms with E-state index in [1.165, 1.54) is 25.7 Å². The predicted molar refractivity (Wildman–Crippen MR) is 67.8 cm³/mol. The lowest BCUT2D eigenvalue weighted by molar-refractivity contribution is -0.134. The Hall–Kier alpha value is -0.145. The maximum absolute atomic E-state index is 12.2. The summed E-state index contributed by atoms with van der Waals surface area (Å²) in [6, 6.07) is 0. The van der Waals surface area contributed by atoms with Crippen molar-refractivity contribution in [2.45, 2.75) is 82.9 Å². The number of rotatable bonds is 5. The summed E-state index contributed by atoms with van der Waals surface area (Å²) in [5.41, 5.74) is 0. The summed E-state index contributed by atoms with van der Waals surface area (Å²) in [4.78, 5) is 0. The van der Waals surface area contributed by atoms with Crippen LogP contribution in [-0.4, -0.2) is 12.9 Å². The van der Waals surface area contributed by atoms with Gasteiger partial charge >= 0.3 is 6.18 Å². The van der Waals surface area contributed by atoms with Crippen LogP contribution in [-0.2, 0) is 0 Å². The molecule has 0 aromatic carbocycles. The first kappa shape index (κ1) is 14.9. The van der Waals surface area contributed by atoms with Crippen LogP contribution >= 0.6 is 0 Å². The molecule has 1 fully saturated rings. The van der Waals surface area contributed by atoms with E-state index in [1.807, 2.05) is 0 Å².